The molecule has 0 N–H and O–H groups in total. The fourth-order valence-electron chi connectivity index (χ4n) is 11.1. The van der Waals surface area contributed by atoms with Crippen molar-refractivity contribution >= 4 is 52.3 Å². The summed E-state index contributed by atoms with van der Waals surface area (Å²) in [7, 11) is 18.0. The summed E-state index contributed by atoms with van der Waals surface area (Å²) in [5, 5.41) is 3.00. The van der Waals surface area contributed by atoms with Gasteiger partial charge in [0.15, 0.2) is 0 Å². The van der Waals surface area contributed by atoms with Crippen molar-refractivity contribution in [3.8, 4) is 33.4 Å². The monoisotopic (exact) mass is 891 g/mol. The molecule has 293 valence electrons. The molecule has 0 amide bonds. The van der Waals surface area contributed by atoms with Gasteiger partial charge in [0.05, 0.1) is 0 Å². The van der Waals surface area contributed by atoms with Crippen LogP contribution in [0.2, 0.25) is 0 Å². The summed E-state index contributed by atoms with van der Waals surface area (Å²) < 4.78 is 1.21. The van der Waals surface area contributed by atoms with Gasteiger partial charge in [0.25, 0.3) is 0 Å². The molecule has 0 aromatic heterocycles. The molecule has 4 heteroatoms. The van der Waals surface area contributed by atoms with E-state index in [0.717, 1.165) is 51.4 Å². The quantitative estimate of drug-likeness (QED) is 0.101. The molecule has 2 atom stereocenters. The number of unbranched alkanes of at least 4 members (excludes halogenated alkanes) is 2. The molecule has 0 bridgehead atoms. The Labute approximate surface area is 357 Å². The van der Waals surface area contributed by atoms with Crippen LogP contribution in [0, 0.1) is 0 Å². The van der Waals surface area contributed by atoms with Gasteiger partial charge in [-0.05, 0) is 0 Å². The maximum atomic E-state index is 9.42. The predicted molar refractivity (Wildman–Crippen MR) is 254 cm³/mol. The third-order valence-electron chi connectivity index (χ3n) is 13.7. The molecule has 6 aromatic rings. The Bertz CT molecular complexity index is 2460. The van der Waals surface area contributed by atoms with E-state index in [4.69, 9.17) is 0 Å². The first-order valence-electron chi connectivity index (χ1n) is 21.9. The molecule has 0 saturated heterocycles. The van der Waals surface area contributed by atoms with Gasteiger partial charge in [-0.25, -0.2) is 0 Å². The molecule has 0 nitrogen and oxygen atoms in total. The Kier molecular flexibility index (Phi) is 11.1. The van der Waals surface area contributed by atoms with Gasteiger partial charge in [-0.2, -0.15) is 0 Å². The van der Waals surface area contributed by atoms with Crippen LogP contribution in [0.25, 0.3) is 45.5 Å². The van der Waals surface area contributed by atoms with E-state index in [1.807, 2.05) is 0 Å². The zero-order chi connectivity index (χ0) is 40.0. The minimum absolute atomic E-state index is 0.0593. The van der Waals surface area contributed by atoms with Crippen LogP contribution in [0.5, 0.6) is 0 Å². The summed E-state index contributed by atoms with van der Waals surface area (Å²) in [5.74, 6) is 0. The van der Waals surface area contributed by atoms with Crippen LogP contribution in [0.4, 0.5) is 0 Å². The number of rotatable bonds is 13. The van der Waals surface area contributed by atoms with Gasteiger partial charge in [-0.1, -0.05) is 0 Å². The first-order chi connectivity index (χ1) is 28.3. The first kappa shape index (κ1) is 39.9. The summed E-state index contributed by atoms with van der Waals surface area (Å²) in [6.45, 7) is 9.22. The standard InChI is InChI=1S/2C21H23.C12H9Si.2ClH.Zr/c2*1-3-5-9-16-14-19-13-12-17(4-2)21(20(19)15-16)18-10-7-6-8-11-18;1-3-7-11-9(5-1)10-6-2-4-8-12(10)13-11;;;/h2*6-8,10-15H,3-5,9H2,1-2H3;1-7H,13H2;2*1H;/q;;;;;+2/p-2. The van der Waals surface area contributed by atoms with Gasteiger partial charge in [-0.15, -0.1) is 0 Å². The van der Waals surface area contributed by atoms with E-state index in [1.165, 1.54) is 91.6 Å². The van der Waals surface area contributed by atoms with E-state index < -0.39 is 25.9 Å². The predicted octanol–water partition coefficient (Wildman–Crippen LogP) is 13.5. The van der Waals surface area contributed by atoms with Gasteiger partial charge in [-0.3, -0.25) is 0 Å². The fraction of sp³-hybridized carbons (Fsp3) is 0.259. The summed E-state index contributed by atoms with van der Waals surface area (Å²) in [5.41, 5.74) is 19.1. The van der Waals surface area contributed by atoms with Crippen molar-refractivity contribution in [1.82, 2.24) is 0 Å². The van der Waals surface area contributed by atoms with Gasteiger partial charge in [0, 0.05) is 0 Å². The number of aryl methyl sites for hydroxylation is 2. The number of allylic oxidation sites excluding steroid dienone is 2. The molecule has 1 heterocycles. The van der Waals surface area contributed by atoms with Crippen LogP contribution in [-0.2, 0) is 29.2 Å². The van der Waals surface area contributed by atoms with E-state index in [9.17, 15) is 17.0 Å². The van der Waals surface area contributed by atoms with Gasteiger partial charge < -0.3 is 0 Å². The van der Waals surface area contributed by atoms with Crippen molar-refractivity contribution in [2.24, 2.45) is 0 Å². The van der Waals surface area contributed by atoms with Crippen LogP contribution in [0.3, 0.4) is 0 Å². The summed E-state index contributed by atoms with van der Waals surface area (Å²) >= 11 is -5.62. The molecule has 6 aromatic carbocycles. The van der Waals surface area contributed by atoms with Crippen LogP contribution in [0.15, 0.2) is 139 Å². The molecule has 0 spiro atoms. The Morgan fingerprint density at radius 1 is 0.517 bits per heavy atom. The number of fused-ring (bicyclic) bond motifs is 5. The number of benzene rings is 6. The summed E-state index contributed by atoms with van der Waals surface area (Å²) in [4.78, 5) is 0. The molecule has 1 aliphatic heterocycles. The van der Waals surface area contributed by atoms with E-state index in [-0.39, 0.29) is 7.25 Å². The molecular formula is C54H55Cl2SiZr. The van der Waals surface area contributed by atoms with Crippen LogP contribution in [0.1, 0.15) is 107 Å². The Hall–Kier alpha value is -3.52. The van der Waals surface area contributed by atoms with Crippen molar-refractivity contribution < 1.29 is 16.4 Å². The van der Waals surface area contributed by atoms with E-state index in [1.54, 1.807) is 0 Å². The molecular weight excluding hydrogens is 839 g/mol. The molecule has 2 unspecified atom stereocenters. The van der Waals surface area contributed by atoms with Crippen molar-refractivity contribution in [1.29, 1.82) is 0 Å². The molecule has 0 fully saturated rings. The zero-order valence-corrected chi connectivity index (χ0v) is 39.9. The molecule has 58 heavy (non-hydrogen) atoms. The molecule has 2 aliphatic carbocycles. The summed E-state index contributed by atoms with van der Waals surface area (Å²) in [6, 6.07) is 48.1. The average molecular weight is 894 g/mol. The van der Waals surface area contributed by atoms with E-state index >= 15 is 0 Å². The van der Waals surface area contributed by atoms with Crippen molar-refractivity contribution in [2.45, 2.75) is 86.3 Å². The zero-order valence-electron chi connectivity index (χ0n) is 34.6. The van der Waals surface area contributed by atoms with Gasteiger partial charge >= 0.3 is 360 Å². The van der Waals surface area contributed by atoms with E-state index in [2.05, 4.69) is 167 Å². The van der Waals surface area contributed by atoms with Crippen LogP contribution < -0.4 is 13.6 Å². The third kappa shape index (κ3) is 6.39. The van der Waals surface area contributed by atoms with E-state index in [0.29, 0.717) is 0 Å². The van der Waals surface area contributed by atoms with Crippen molar-refractivity contribution in [3.05, 3.63) is 172 Å². The Morgan fingerprint density at radius 2 is 1.00 bits per heavy atom. The van der Waals surface area contributed by atoms with Crippen LogP contribution in [-0.4, -0.2) is 9.52 Å². The molecule has 0 radical (unpaired) electrons. The first-order valence-corrected chi connectivity index (χ1v) is 33.7. The second-order valence-corrected chi connectivity index (χ2v) is 39.4. The van der Waals surface area contributed by atoms with Crippen LogP contribution >= 0.6 is 17.0 Å². The fourth-order valence-corrected chi connectivity index (χ4v) is 39.1. The Morgan fingerprint density at radius 3 is 1.50 bits per heavy atom. The number of halogens is 2. The number of hydrogen-bond acceptors (Lipinski definition) is 0. The minimum atomic E-state index is -5.62. The topological polar surface area (TPSA) is 0 Å². The second kappa shape index (κ2) is 16.2. The van der Waals surface area contributed by atoms with Crippen molar-refractivity contribution in [2.75, 3.05) is 0 Å². The van der Waals surface area contributed by atoms with Gasteiger partial charge in [0.1, 0.15) is 0 Å². The number of hydrogen-bond donors (Lipinski definition) is 0. The summed E-state index contributed by atoms with van der Waals surface area (Å²) in [6.07, 6.45) is 13.6. The third-order valence-corrected chi connectivity index (χ3v) is 36.5. The normalized spacial score (nSPS) is 17.6. The Balaban J connectivity index is 1.39. The van der Waals surface area contributed by atoms with Crippen molar-refractivity contribution in [3.63, 3.8) is 0 Å². The van der Waals surface area contributed by atoms with Gasteiger partial charge in [0.2, 0.25) is 0 Å². The molecule has 3 aliphatic rings. The second-order valence-electron chi connectivity index (χ2n) is 17.0. The maximum absolute atomic E-state index is 9.42. The average Bonchev–Trinajstić information content (AvgIpc) is 3.96. The molecule has 9 rings (SSSR count). The SMILES string of the molecule is CCCCC1=Cc2c(ccc(CC)c2-c2ccccc2)[CH]1[Zr]([Cl])([Cl])([c]1cccc2c1[SiH2]c1ccccc1-2)[CH]1C(CCCC)=Cc2c1ccc(CC)c2-c1ccccc1. The molecule has 0 saturated carbocycles.